The summed E-state index contributed by atoms with van der Waals surface area (Å²) in [7, 11) is 0. The van der Waals surface area contributed by atoms with Crippen molar-refractivity contribution in [1.82, 2.24) is 24.9 Å². The van der Waals surface area contributed by atoms with E-state index in [4.69, 9.17) is 15.0 Å². The predicted octanol–water partition coefficient (Wildman–Crippen LogP) is 8.15. The topological polar surface area (TPSA) is 64.5 Å². The molecule has 0 aliphatic carbocycles. The van der Waals surface area contributed by atoms with Crippen LogP contribution in [-0.4, -0.2) is 24.9 Å². The van der Waals surface area contributed by atoms with Crippen molar-refractivity contribution < 1.29 is 0 Å². The summed E-state index contributed by atoms with van der Waals surface area (Å²) in [6.45, 7) is 0. The van der Waals surface area contributed by atoms with Crippen molar-refractivity contribution in [3.05, 3.63) is 140 Å². The first-order valence-corrected chi connectivity index (χ1v) is 13.1. The fourth-order valence-corrected chi connectivity index (χ4v) is 4.97. The minimum atomic E-state index is 0.648. The highest BCUT2D eigenvalue weighted by Gasteiger charge is 2.16. The maximum Gasteiger partial charge on any atom is 0.164 e. The van der Waals surface area contributed by atoms with Gasteiger partial charge in [0.25, 0.3) is 0 Å². The smallest absolute Gasteiger partial charge is 0.164 e. The van der Waals surface area contributed by atoms with Gasteiger partial charge in [-0.2, -0.15) is 0 Å². The third-order valence-corrected chi connectivity index (χ3v) is 6.95. The van der Waals surface area contributed by atoms with Gasteiger partial charge in [0.2, 0.25) is 0 Å². The van der Waals surface area contributed by atoms with Gasteiger partial charge in [0.15, 0.2) is 17.5 Å². The van der Waals surface area contributed by atoms with Crippen LogP contribution in [0.2, 0.25) is 0 Å². The Morgan fingerprint density at radius 2 is 0.800 bits per heavy atom. The number of fused-ring (bicyclic) bond motifs is 1. The molecule has 0 atom stereocenters. The van der Waals surface area contributed by atoms with Crippen LogP contribution in [0.1, 0.15) is 0 Å². The van der Waals surface area contributed by atoms with Crippen LogP contribution in [-0.2, 0) is 0 Å². The summed E-state index contributed by atoms with van der Waals surface area (Å²) in [6.07, 6.45) is 5.20. The third kappa shape index (κ3) is 4.50. The molecule has 0 radical (unpaired) electrons. The Morgan fingerprint density at radius 1 is 0.325 bits per heavy atom. The molecule has 7 aromatic rings. The van der Waals surface area contributed by atoms with Gasteiger partial charge < -0.3 is 0 Å². The minimum absolute atomic E-state index is 0.648. The maximum atomic E-state index is 4.96. The molecule has 0 unspecified atom stereocenters. The number of hydrogen-bond acceptors (Lipinski definition) is 5. The van der Waals surface area contributed by atoms with E-state index in [1.54, 1.807) is 6.33 Å². The zero-order valence-electron chi connectivity index (χ0n) is 21.5. The average molecular weight is 514 g/mol. The van der Waals surface area contributed by atoms with Crippen molar-refractivity contribution in [2.75, 3.05) is 0 Å². The number of nitrogens with zero attached hydrogens (tertiary/aromatic N) is 5. The van der Waals surface area contributed by atoms with E-state index in [9.17, 15) is 0 Å². The Morgan fingerprint density at radius 3 is 1.40 bits per heavy atom. The zero-order valence-corrected chi connectivity index (χ0v) is 21.5. The molecule has 0 saturated carbocycles. The van der Waals surface area contributed by atoms with E-state index in [0.717, 1.165) is 49.7 Å². The monoisotopic (exact) mass is 513 g/mol. The summed E-state index contributed by atoms with van der Waals surface area (Å²) < 4.78 is 0. The average Bonchev–Trinajstić information content (AvgIpc) is 3.05. The lowest BCUT2D eigenvalue weighted by atomic mass is 9.94. The Balaban J connectivity index is 1.37. The van der Waals surface area contributed by atoms with E-state index >= 15 is 0 Å². The summed E-state index contributed by atoms with van der Waals surface area (Å²) in [5.41, 5.74) is 7.23. The Labute approximate surface area is 231 Å². The van der Waals surface area contributed by atoms with Crippen LogP contribution >= 0.6 is 0 Å². The zero-order chi connectivity index (χ0) is 26.7. The Bertz CT molecular complexity index is 1860. The molecular formula is C35H23N5. The van der Waals surface area contributed by atoms with Crippen molar-refractivity contribution in [3.63, 3.8) is 0 Å². The lowest BCUT2D eigenvalue weighted by Crippen LogP contribution is -2.00. The summed E-state index contributed by atoms with van der Waals surface area (Å²) in [4.78, 5) is 23.1. The molecule has 2 aromatic heterocycles. The maximum absolute atomic E-state index is 4.96. The fourth-order valence-electron chi connectivity index (χ4n) is 4.97. The summed E-state index contributed by atoms with van der Waals surface area (Å²) >= 11 is 0. The molecule has 188 valence electrons. The van der Waals surface area contributed by atoms with Gasteiger partial charge in [-0.05, 0) is 33.5 Å². The molecule has 0 spiro atoms. The number of benzene rings is 5. The van der Waals surface area contributed by atoms with Crippen LogP contribution in [0.5, 0.6) is 0 Å². The highest BCUT2D eigenvalue weighted by Crippen LogP contribution is 2.36. The first-order valence-electron chi connectivity index (χ1n) is 13.1. The lowest BCUT2D eigenvalue weighted by Gasteiger charge is -2.13. The van der Waals surface area contributed by atoms with Crippen molar-refractivity contribution in [3.8, 4) is 56.4 Å². The molecule has 5 aromatic carbocycles. The second-order valence-electron chi connectivity index (χ2n) is 9.45. The van der Waals surface area contributed by atoms with Crippen LogP contribution in [0.15, 0.2) is 140 Å². The normalized spacial score (nSPS) is 11.0. The third-order valence-electron chi connectivity index (χ3n) is 6.95. The van der Waals surface area contributed by atoms with Gasteiger partial charge in [-0.1, -0.05) is 115 Å². The molecule has 0 fully saturated rings. The summed E-state index contributed by atoms with van der Waals surface area (Å²) in [6, 6.07) is 41.3. The van der Waals surface area contributed by atoms with E-state index in [2.05, 4.69) is 70.6 Å². The van der Waals surface area contributed by atoms with Crippen LogP contribution in [0, 0.1) is 0 Å². The predicted molar refractivity (Wildman–Crippen MR) is 160 cm³/mol. The van der Waals surface area contributed by atoms with Crippen LogP contribution in [0.4, 0.5) is 0 Å². The van der Waals surface area contributed by atoms with Crippen LogP contribution < -0.4 is 0 Å². The molecule has 0 amide bonds. The van der Waals surface area contributed by atoms with E-state index < -0.39 is 0 Å². The summed E-state index contributed by atoms with van der Waals surface area (Å²) in [5, 5.41) is 2.23. The van der Waals surface area contributed by atoms with Gasteiger partial charge in [-0.25, -0.2) is 24.9 Å². The minimum Gasteiger partial charge on any atom is -0.244 e. The van der Waals surface area contributed by atoms with Gasteiger partial charge in [-0.3, -0.25) is 0 Å². The lowest BCUT2D eigenvalue weighted by molar-refractivity contribution is 1.08. The van der Waals surface area contributed by atoms with Gasteiger partial charge in [0, 0.05) is 34.6 Å². The molecule has 0 aliphatic rings. The van der Waals surface area contributed by atoms with Crippen molar-refractivity contribution in [2.24, 2.45) is 0 Å². The molecular weight excluding hydrogens is 490 g/mol. The number of hydrogen-bond donors (Lipinski definition) is 0. The SMILES string of the molecule is c1ccc(-c2nc(-c3ccccc3)nc(-c3ccc(-c4ccc(-c5cncnc5)cc4)c4ccccc34)n2)cc1. The van der Waals surface area contributed by atoms with E-state index in [1.807, 2.05) is 73.1 Å². The first-order chi connectivity index (χ1) is 19.8. The number of rotatable bonds is 5. The second kappa shape index (κ2) is 10.3. The van der Waals surface area contributed by atoms with Gasteiger partial charge in [-0.15, -0.1) is 0 Å². The molecule has 0 bridgehead atoms. The molecule has 0 aliphatic heterocycles. The molecule has 2 heterocycles. The van der Waals surface area contributed by atoms with Gasteiger partial charge in [0.05, 0.1) is 0 Å². The Hall–Kier alpha value is -5.55. The van der Waals surface area contributed by atoms with E-state index in [0.29, 0.717) is 17.5 Å². The Kier molecular flexibility index (Phi) is 6.07. The molecule has 7 rings (SSSR count). The molecule has 5 nitrogen and oxygen atoms in total. The van der Waals surface area contributed by atoms with Gasteiger partial charge in [0.1, 0.15) is 6.33 Å². The standard InChI is InChI=1S/C35H23N5/c1-3-9-26(10-4-1)33-38-34(27-11-5-2-6-12-27)40-35(39-33)32-20-19-29(30-13-7-8-14-31(30)32)25-17-15-24(16-18-25)28-21-36-23-37-22-28/h1-23H. The number of aromatic nitrogens is 5. The van der Waals surface area contributed by atoms with E-state index in [1.165, 1.54) is 0 Å². The quantitative estimate of drug-likeness (QED) is 0.232. The first kappa shape index (κ1) is 23.6. The van der Waals surface area contributed by atoms with Crippen molar-refractivity contribution in [1.29, 1.82) is 0 Å². The molecule has 0 saturated heterocycles. The van der Waals surface area contributed by atoms with Crippen molar-refractivity contribution >= 4 is 10.8 Å². The molecule has 40 heavy (non-hydrogen) atoms. The highest BCUT2D eigenvalue weighted by atomic mass is 15.0. The fraction of sp³-hybridized carbons (Fsp3) is 0. The largest absolute Gasteiger partial charge is 0.244 e. The highest BCUT2D eigenvalue weighted by molar-refractivity contribution is 6.04. The van der Waals surface area contributed by atoms with Crippen LogP contribution in [0.3, 0.4) is 0 Å². The van der Waals surface area contributed by atoms with Crippen molar-refractivity contribution in [2.45, 2.75) is 0 Å². The van der Waals surface area contributed by atoms with E-state index in [-0.39, 0.29) is 0 Å². The van der Waals surface area contributed by atoms with Gasteiger partial charge >= 0.3 is 0 Å². The molecule has 5 heteroatoms. The summed E-state index contributed by atoms with van der Waals surface area (Å²) in [5.74, 6) is 1.95. The molecule has 0 N–H and O–H groups in total. The second-order valence-corrected chi connectivity index (χ2v) is 9.45. The van der Waals surface area contributed by atoms with Crippen LogP contribution in [0.25, 0.3) is 67.2 Å².